The van der Waals surface area contributed by atoms with E-state index in [4.69, 9.17) is 10.5 Å². The van der Waals surface area contributed by atoms with Gasteiger partial charge in [-0.1, -0.05) is 12.5 Å². The third-order valence-electron chi connectivity index (χ3n) is 3.79. The zero-order valence-corrected chi connectivity index (χ0v) is 11.3. The number of ether oxygens (including phenoxy) is 1. The molecule has 0 radical (unpaired) electrons. The van der Waals surface area contributed by atoms with Crippen LogP contribution >= 0.6 is 0 Å². The minimum Gasteiger partial charge on any atom is -0.481 e. The lowest BCUT2D eigenvalue weighted by Gasteiger charge is -2.17. The number of nitrogens with two attached hydrogens (primary N) is 1. The number of pyridine rings is 1. The lowest BCUT2D eigenvalue weighted by Crippen LogP contribution is -2.34. The normalized spacial score (nSPS) is 22.2. The molecule has 3 N–H and O–H groups in total. The number of carbonyl (C=O) groups is 1. The molecule has 0 saturated heterocycles. The number of amides is 1. The van der Waals surface area contributed by atoms with E-state index in [1.807, 2.05) is 12.1 Å². The molecule has 19 heavy (non-hydrogen) atoms. The van der Waals surface area contributed by atoms with Crippen LogP contribution in [-0.2, 0) is 11.3 Å². The Morgan fingerprint density at radius 1 is 1.58 bits per heavy atom. The summed E-state index contributed by atoms with van der Waals surface area (Å²) in [6.07, 6.45) is 4.77. The van der Waals surface area contributed by atoms with Gasteiger partial charge in [0.1, 0.15) is 0 Å². The van der Waals surface area contributed by atoms with E-state index in [-0.39, 0.29) is 11.8 Å². The van der Waals surface area contributed by atoms with Gasteiger partial charge in [0.2, 0.25) is 11.8 Å². The average molecular weight is 263 g/mol. The summed E-state index contributed by atoms with van der Waals surface area (Å²) >= 11 is 0. The summed E-state index contributed by atoms with van der Waals surface area (Å²) in [6.45, 7) is 1.04. The van der Waals surface area contributed by atoms with Gasteiger partial charge in [-0.3, -0.25) is 4.79 Å². The van der Waals surface area contributed by atoms with Crippen LogP contribution in [0, 0.1) is 11.8 Å². The van der Waals surface area contributed by atoms with Crippen LogP contribution in [0.1, 0.15) is 24.8 Å². The van der Waals surface area contributed by atoms with Crippen molar-refractivity contribution in [1.82, 2.24) is 10.3 Å². The molecule has 1 aliphatic rings. The number of nitrogens with zero attached hydrogens (tertiary/aromatic N) is 1. The van der Waals surface area contributed by atoms with E-state index >= 15 is 0 Å². The van der Waals surface area contributed by atoms with Gasteiger partial charge in [0.25, 0.3) is 0 Å². The van der Waals surface area contributed by atoms with Crippen LogP contribution in [0.25, 0.3) is 0 Å². The molecule has 0 aromatic carbocycles. The Bertz CT molecular complexity index is 436. The molecule has 0 bridgehead atoms. The molecule has 1 aromatic rings. The van der Waals surface area contributed by atoms with Crippen molar-refractivity contribution in [1.29, 1.82) is 0 Å². The van der Waals surface area contributed by atoms with E-state index in [9.17, 15) is 4.79 Å². The SMILES string of the molecule is COc1ncccc1CNC(=O)C1CCCC1CN. The predicted octanol–water partition coefficient (Wildman–Crippen LogP) is 1.08. The molecule has 1 aliphatic carbocycles. The van der Waals surface area contributed by atoms with Crippen molar-refractivity contribution in [3.63, 3.8) is 0 Å². The van der Waals surface area contributed by atoms with Crippen molar-refractivity contribution < 1.29 is 9.53 Å². The van der Waals surface area contributed by atoms with Gasteiger partial charge in [0, 0.05) is 24.2 Å². The van der Waals surface area contributed by atoms with E-state index in [1.54, 1.807) is 13.3 Å². The Morgan fingerprint density at radius 2 is 2.42 bits per heavy atom. The first-order valence-electron chi connectivity index (χ1n) is 6.72. The minimum absolute atomic E-state index is 0.0627. The molecule has 2 rings (SSSR count). The quantitative estimate of drug-likeness (QED) is 0.833. The molecule has 1 aromatic heterocycles. The first-order valence-corrected chi connectivity index (χ1v) is 6.72. The van der Waals surface area contributed by atoms with E-state index in [2.05, 4.69) is 10.3 Å². The van der Waals surface area contributed by atoms with E-state index in [1.165, 1.54) is 0 Å². The molecule has 1 saturated carbocycles. The first-order chi connectivity index (χ1) is 9.26. The minimum atomic E-state index is 0.0627. The van der Waals surface area contributed by atoms with Crippen molar-refractivity contribution in [2.45, 2.75) is 25.8 Å². The average Bonchev–Trinajstić information content (AvgIpc) is 2.93. The summed E-state index contributed by atoms with van der Waals surface area (Å²) in [4.78, 5) is 16.3. The summed E-state index contributed by atoms with van der Waals surface area (Å²) in [7, 11) is 1.58. The topological polar surface area (TPSA) is 77.2 Å². The van der Waals surface area contributed by atoms with Gasteiger partial charge in [-0.15, -0.1) is 0 Å². The lowest BCUT2D eigenvalue weighted by molar-refractivity contribution is -0.126. The highest BCUT2D eigenvalue weighted by Crippen LogP contribution is 2.31. The molecule has 2 unspecified atom stereocenters. The Hall–Kier alpha value is -1.62. The van der Waals surface area contributed by atoms with Gasteiger partial charge in [0.05, 0.1) is 7.11 Å². The summed E-state index contributed by atoms with van der Waals surface area (Å²) in [5, 5.41) is 2.97. The highest BCUT2D eigenvalue weighted by Gasteiger charge is 2.31. The molecule has 104 valence electrons. The summed E-state index contributed by atoms with van der Waals surface area (Å²) in [5.41, 5.74) is 6.59. The summed E-state index contributed by atoms with van der Waals surface area (Å²) in [5.74, 6) is 1.05. The Kier molecular flexibility index (Phi) is 4.74. The fourth-order valence-electron chi connectivity index (χ4n) is 2.72. The Balaban J connectivity index is 1.93. The molecule has 2 atom stereocenters. The molecule has 1 fully saturated rings. The van der Waals surface area contributed by atoms with Gasteiger partial charge in [0.15, 0.2) is 0 Å². The predicted molar refractivity (Wildman–Crippen MR) is 72.5 cm³/mol. The number of rotatable bonds is 5. The third kappa shape index (κ3) is 3.23. The maximum Gasteiger partial charge on any atom is 0.223 e. The van der Waals surface area contributed by atoms with Gasteiger partial charge in [-0.25, -0.2) is 4.98 Å². The fraction of sp³-hybridized carbons (Fsp3) is 0.571. The van der Waals surface area contributed by atoms with Gasteiger partial charge in [-0.2, -0.15) is 0 Å². The molecular formula is C14H21N3O2. The zero-order chi connectivity index (χ0) is 13.7. The second-order valence-corrected chi connectivity index (χ2v) is 4.92. The largest absolute Gasteiger partial charge is 0.481 e. The van der Waals surface area contributed by atoms with Crippen LogP contribution in [0.4, 0.5) is 0 Å². The maximum atomic E-state index is 12.2. The second-order valence-electron chi connectivity index (χ2n) is 4.92. The van der Waals surface area contributed by atoms with Crippen LogP contribution < -0.4 is 15.8 Å². The molecule has 5 heteroatoms. The van der Waals surface area contributed by atoms with Crippen molar-refractivity contribution in [2.24, 2.45) is 17.6 Å². The molecule has 0 aliphatic heterocycles. The Morgan fingerprint density at radius 3 is 3.16 bits per heavy atom. The molecular weight excluding hydrogens is 242 g/mol. The van der Waals surface area contributed by atoms with Crippen molar-refractivity contribution in [2.75, 3.05) is 13.7 Å². The highest BCUT2D eigenvalue weighted by atomic mass is 16.5. The van der Waals surface area contributed by atoms with Gasteiger partial charge < -0.3 is 15.8 Å². The summed E-state index contributed by atoms with van der Waals surface area (Å²) < 4.78 is 5.16. The standard InChI is InChI=1S/C14H21N3O2/c1-19-14-11(5-3-7-16-14)9-17-13(18)12-6-2-4-10(12)8-15/h3,5,7,10,12H,2,4,6,8-9,15H2,1H3,(H,17,18). The zero-order valence-electron chi connectivity index (χ0n) is 11.3. The number of hydrogen-bond acceptors (Lipinski definition) is 4. The number of carbonyl (C=O) groups excluding carboxylic acids is 1. The lowest BCUT2D eigenvalue weighted by atomic mass is 9.95. The van der Waals surface area contributed by atoms with E-state index in [0.717, 1.165) is 24.8 Å². The van der Waals surface area contributed by atoms with Crippen LogP contribution in [0.2, 0.25) is 0 Å². The van der Waals surface area contributed by atoms with Gasteiger partial charge >= 0.3 is 0 Å². The fourth-order valence-corrected chi connectivity index (χ4v) is 2.72. The van der Waals surface area contributed by atoms with Crippen LogP contribution in [0.15, 0.2) is 18.3 Å². The van der Waals surface area contributed by atoms with Crippen molar-refractivity contribution >= 4 is 5.91 Å². The molecule has 5 nitrogen and oxygen atoms in total. The number of nitrogens with one attached hydrogen (secondary N) is 1. The number of hydrogen-bond donors (Lipinski definition) is 2. The van der Waals surface area contributed by atoms with E-state index < -0.39 is 0 Å². The van der Waals surface area contributed by atoms with Crippen molar-refractivity contribution in [3.8, 4) is 5.88 Å². The molecule has 1 amide bonds. The van der Waals surface area contributed by atoms with Crippen LogP contribution in [0.5, 0.6) is 5.88 Å². The van der Waals surface area contributed by atoms with Crippen LogP contribution in [-0.4, -0.2) is 24.5 Å². The smallest absolute Gasteiger partial charge is 0.223 e. The van der Waals surface area contributed by atoms with E-state index in [0.29, 0.717) is 24.9 Å². The summed E-state index contributed by atoms with van der Waals surface area (Å²) in [6, 6.07) is 3.74. The Labute approximate surface area is 113 Å². The maximum absolute atomic E-state index is 12.2. The van der Waals surface area contributed by atoms with Crippen LogP contribution in [0.3, 0.4) is 0 Å². The third-order valence-corrected chi connectivity index (χ3v) is 3.79. The second kappa shape index (κ2) is 6.52. The molecule has 1 heterocycles. The monoisotopic (exact) mass is 263 g/mol. The molecule has 0 spiro atoms. The highest BCUT2D eigenvalue weighted by molar-refractivity contribution is 5.79. The van der Waals surface area contributed by atoms with Crippen molar-refractivity contribution in [3.05, 3.63) is 23.9 Å². The first kappa shape index (κ1) is 13.8. The number of aromatic nitrogens is 1. The number of methoxy groups -OCH3 is 1. The van der Waals surface area contributed by atoms with Gasteiger partial charge in [-0.05, 0) is 31.4 Å².